The Balaban J connectivity index is 1.33. The molecule has 7 heteroatoms. The highest BCUT2D eigenvalue weighted by atomic mass is 79.9. The Kier molecular flexibility index (Phi) is 3.82. The maximum Gasteiger partial charge on any atom is 0.244 e. The van der Waals surface area contributed by atoms with Crippen molar-refractivity contribution in [1.29, 1.82) is 0 Å². The Morgan fingerprint density at radius 3 is 2.37 bits per heavy atom. The van der Waals surface area contributed by atoms with Crippen LogP contribution in [0.1, 0.15) is 12.0 Å². The van der Waals surface area contributed by atoms with Crippen molar-refractivity contribution in [3.8, 4) is 0 Å². The van der Waals surface area contributed by atoms with Crippen LogP contribution in [0, 0.1) is 42.4 Å². The average Bonchev–Trinajstić information content (AvgIpc) is 3.41. The highest BCUT2D eigenvalue weighted by Crippen LogP contribution is 2.65. The lowest BCUT2D eigenvalue weighted by molar-refractivity contribution is -0.142. The average molecular weight is 450 g/mol. The summed E-state index contributed by atoms with van der Waals surface area (Å²) in [5, 5.41) is 3.26. The molecule has 4 aliphatic carbocycles. The number of halogens is 2. The van der Waals surface area contributed by atoms with Crippen LogP contribution in [0.25, 0.3) is 0 Å². The van der Waals surface area contributed by atoms with E-state index in [1.54, 1.807) is 6.07 Å². The minimum absolute atomic E-state index is 0.169. The van der Waals surface area contributed by atoms with E-state index in [1.807, 2.05) is 13.0 Å². The van der Waals surface area contributed by atoms with E-state index in [0.29, 0.717) is 22.5 Å². The number of aryl methyl sites for hydroxylation is 1. The molecule has 0 unspecified atom stereocenters. The molecule has 5 nitrogen and oxygen atoms in total. The largest absolute Gasteiger partial charge is 0.324 e. The lowest BCUT2D eigenvalue weighted by atomic mass is 9.63. The van der Waals surface area contributed by atoms with Crippen LogP contribution in [-0.2, 0) is 14.4 Å². The minimum Gasteiger partial charge on any atom is -0.324 e. The molecular weight excluding hydrogens is 432 g/mol. The third kappa shape index (κ3) is 2.53. The predicted molar refractivity (Wildman–Crippen MR) is 104 cm³/mol. The minimum atomic E-state index is -0.387. The summed E-state index contributed by atoms with van der Waals surface area (Å²) in [4.78, 5) is 39.5. The maximum atomic E-state index is 12.9. The Morgan fingerprint density at radius 1 is 1.19 bits per heavy atom. The van der Waals surface area contributed by atoms with E-state index in [4.69, 9.17) is 11.6 Å². The van der Waals surface area contributed by atoms with Gasteiger partial charge in [-0.15, -0.1) is 0 Å². The number of likely N-dealkylation sites (tertiary alicyclic amines) is 1. The zero-order valence-electron chi connectivity index (χ0n) is 14.6. The van der Waals surface area contributed by atoms with Crippen molar-refractivity contribution in [1.82, 2.24) is 4.90 Å². The molecule has 0 radical (unpaired) electrons. The molecule has 1 saturated heterocycles. The number of benzene rings is 1. The van der Waals surface area contributed by atoms with E-state index >= 15 is 0 Å². The van der Waals surface area contributed by atoms with Gasteiger partial charge in [-0.2, -0.15) is 0 Å². The molecule has 3 fully saturated rings. The van der Waals surface area contributed by atoms with E-state index in [-0.39, 0.29) is 47.9 Å². The number of hydrogen-bond acceptors (Lipinski definition) is 3. The Hall–Kier alpha value is -1.66. The van der Waals surface area contributed by atoms with Gasteiger partial charge < -0.3 is 5.32 Å². The standard InChI is InChI=1S/C20H18BrClN2O3/c1-8-4-13(21)14(22)6-15(8)23-16(25)7-24-19(26)17-9-2-3-10(12-5-11(9)12)18(17)20(24)27/h2-4,6,9-12,17-18H,5,7H2,1H3,(H,23,25)/t9-,10-,11-,12-,17+,18+/m1/s1. The summed E-state index contributed by atoms with van der Waals surface area (Å²) in [6.45, 7) is 1.61. The molecule has 1 aromatic carbocycles. The molecular formula is C20H18BrClN2O3. The van der Waals surface area contributed by atoms with Gasteiger partial charge in [-0.1, -0.05) is 23.8 Å². The molecule has 2 saturated carbocycles. The molecule has 140 valence electrons. The molecule has 2 bridgehead atoms. The van der Waals surface area contributed by atoms with Gasteiger partial charge in [0, 0.05) is 10.2 Å². The van der Waals surface area contributed by atoms with Crippen molar-refractivity contribution >= 4 is 50.9 Å². The fourth-order valence-electron chi connectivity index (χ4n) is 5.29. The number of rotatable bonds is 3. The summed E-state index contributed by atoms with van der Waals surface area (Å²) < 4.78 is 0.746. The summed E-state index contributed by atoms with van der Waals surface area (Å²) >= 11 is 9.45. The molecule has 6 atom stereocenters. The van der Waals surface area contributed by atoms with Crippen molar-refractivity contribution in [3.05, 3.63) is 39.3 Å². The van der Waals surface area contributed by atoms with Gasteiger partial charge >= 0.3 is 0 Å². The number of imide groups is 1. The van der Waals surface area contributed by atoms with Crippen LogP contribution >= 0.6 is 27.5 Å². The fourth-order valence-corrected chi connectivity index (χ4v) is 5.91. The molecule has 1 aromatic rings. The van der Waals surface area contributed by atoms with Gasteiger partial charge in [0.15, 0.2) is 0 Å². The molecule has 5 aliphatic rings. The highest BCUT2D eigenvalue weighted by Gasteiger charge is 2.67. The van der Waals surface area contributed by atoms with Crippen LogP contribution in [0.2, 0.25) is 5.02 Å². The highest BCUT2D eigenvalue weighted by molar-refractivity contribution is 9.10. The second kappa shape index (κ2) is 5.92. The van der Waals surface area contributed by atoms with Crippen LogP contribution in [0.3, 0.4) is 0 Å². The number of amides is 3. The number of carbonyl (C=O) groups excluding carboxylic acids is 3. The number of carbonyl (C=O) groups is 3. The quantitative estimate of drug-likeness (QED) is 0.568. The van der Waals surface area contributed by atoms with E-state index in [0.717, 1.165) is 21.4 Å². The van der Waals surface area contributed by atoms with E-state index in [9.17, 15) is 14.4 Å². The lowest BCUT2D eigenvalue weighted by Crippen LogP contribution is -2.40. The zero-order chi connectivity index (χ0) is 19.0. The van der Waals surface area contributed by atoms with E-state index < -0.39 is 0 Å². The monoisotopic (exact) mass is 448 g/mol. The normalized spacial score (nSPS) is 35.3. The summed E-state index contributed by atoms with van der Waals surface area (Å²) in [6, 6.07) is 3.47. The summed E-state index contributed by atoms with van der Waals surface area (Å²) in [5.74, 6) is 0.150. The van der Waals surface area contributed by atoms with Crippen LogP contribution in [0.5, 0.6) is 0 Å². The van der Waals surface area contributed by atoms with Gasteiger partial charge in [-0.25, -0.2) is 0 Å². The topological polar surface area (TPSA) is 66.5 Å². The predicted octanol–water partition coefficient (Wildman–Crippen LogP) is 3.40. The van der Waals surface area contributed by atoms with Crippen molar-refractivity contribution in [3.63, 3.8) is 0 Å². The molecule has 27 heavy (non-hydrogen) atoms. The zero-order valence-corrected chi connectivity index (χ0v) is 17.0. The first-order valence-corrected chi connectivity index (χ1v) is 10.3. The number of nitrogens with one attached hydrogen (secondary N) is 1. The van der Waals surface area contributed by atoms with Gasteiger partial charge in [0.05, 0.1) is 16.9 Å². The van der Waals surface area contributed by atoms with Gasteiger partial charge in [-0.3, -0.25) is 19.3 Å². The van der Waals surface area contributed by atoms with E-state index in [1.165, 1.54) is 0 Å². The number of anilines is 1. The smallest absolute Gasteiger partial charge is 0.244 e. The Morgan fingerprint density at radius 2 is 1.78 bits per heavy atom. The number of allylic oxidation sites excluding steroid dienone is 2. The summed E-state index contributed by atoms with van der Waals surface area (Å²) in [5.41, 5.74) is 1.42. The molecule has 1 N–H and O–H groups in total. The second-order valence-electron chi connectivity index (χ2n) is 8.05. The molecule has 6 rings (SSSR count). The van der Waals surface area contributed by atoms with Gasteiger partial charge in [-0.05, 0) is 70.6 Å². The van der Waals surface area contributed by atoms with Gasteiger partial charge in [0.2, 0.25) is 17.7 Å². The first-order valence-electron chi connectivity index (χ1n) is 9.16. The third-order valence-electron chi connectivity index (χ3n) is 6.60. The van der Waals surface area contributed by atoms with Gasteiger partial charge in [0.1, 0.15) is 6.54 Å². The molecule has 3 amide bonds. The van der Waals surface area contributed by atoms with Crippen LogP contribution < -0.4 is 5.32 Å². The molecule has 0 spiro atoms. The fraction of sp³-hybridized carbons (Fsp3) is 0.450. The number of hydrogen-bond donors (Lipinski definition) is 1. The summed E-state index contributed by atoms with van der Waals surface area (Å²) in [6.07, 6.45) is 5.38. The van der Waals surface area contributed by atoms with Crippen molar-refractivity contribution < 1.29 is 14.4 Å². The Labute approximate surface area is 170 Å². The Bertz CT molecular complexity index is 894. The first-order chi connectivity index (χ1) is 12.9. The summed E-state index contributed by atoms with van der Waals surface area (Å²) in [7, 11) is 0. The van der Waals surface area contributed by atoms with Crippen LogP contribution in [-0.4, -0.2) is 29.2 Å². The number of nitrogens with zero attached hydrogens (tertiary/aromatic N) is 1. The van der Waals surface area contributed by atoms with Crippen molar-refractivity contribution in [2.45, 2.75) is 13.3 Å². The van der Waals surface area contributed by atoms with Crippen molar-refractivity contribution in [2.24, 2.45) is 35.5 Å². The van der Waals surface area contributed by atoms with Crippen LogP contribution in [0.15, 0.2) is 28.8 Å². The lowest BCUT2D eigenvalue weighted by Gasteiger charge is -2.37. The molecule has 1 aliphatic heterocycles. The maximum absolute atomic E-state index is 12.9. The second-order valence-corrected chi connectivity index (χ2v) is 9.31. The first kappa shape index (κ1) is 17.4. The van der Waals surface area contributed by atoms with Crippen LogP contribution in [0.4, 0.5) is 5.69 Å². The van der Waals surface area contributed by atoms with Gasteiger partial charge in [0.25, 0.3) is 0 Å². The van der Waals surface area contributed by atoms with E-state index in [2.05, 4.69) is 33.4 Å². The molecule has 0 aromatic heterocycles. The molecule has 1 heterocycles. The SMILES string of the molecule is Cc1cc(Br)c(Cl)cc1NC(=O)CN1C(=O)[C@H]2[C@@H]3C=C[C@H]([C@H]4C[C@H]34)[C@@H]2C1=O. The third-order valence-corrected chi connectivity index (χ3v) is 7.79. The van der Waals surface area contributed by atoms with Crippen molar-refractivity contribution in [2.75, 3.05) is 11.9 Å².